The molecule has 0 aromatic carbocycles. The minimum absolute atomic E-state index is 0.167. The third kappa shape index (κ3) is 266. The first-order valence-electron chi connectivity index (χ1n) is 2.41. The van der Waals surface area contributed by atoms with Gasteiger partial charge in [-0.25, -0.2) is 0 Å². The number of aliphatic hydroxyl groups excluding tert-OH is 1. The molecular formula is C5H14OSn. The molecule has 1 N–H and O–H groups in total. The van der Waals surface area contributed by atoms with Gasteiger partial charge in [-0.2, -0.15) is 0 Å². The molecule has 0 bridgehead atoms. The summed E-state index contributed by atoms with van der Waals surface area (Å²) in [6, 6.07) is 0. The molecule has 0 fully saturated rings. The van der Waals surface area contributed by atoms with Crippen molar-refractivity contribution in [2.75, 3.05) is 0 Å². The zero-order valence-electron chi connectivity index (χ0n) is 5.52. The van der Waals surface area contributed by atoms with Crippen molar-refractivity contribution in [1.29, 1.82) is 0 Å². The van der Waals surface area contributed by atoms with Crippen molar-refractivity contribution in [1.82, 2.24) is 0 Å². The fourth-order valence-electron chi connectivity index (χ4n) is 0. The van der Waals surface area contributed by atoms with Crippen LogP contribution in [-0.2, 0) is 0 Å². The van der Waals surface area contributed by atoms with Gasteiger partial charge in [0.25, 0.3) is 0 Å². The van der Waals surface area contributed by atoms with Crippen molar-refractivity contribution in [3.63, 3.8) is 0 Å². The zero-order valence-corrected chi connectivity index (χ0v) is 8.38. The summed E-state index contributed by atoms with van der Waals surface area (Å²) in [5.74, 6) is 0. The fraction of sp³-hybridized carbons (Fsp3) is 1.00. The summed E-state index contributed by atoms with van der Waals surface area (Å²) in [4.78, 5) is 4.59. The van der Waals surface area contributed by atoms with Crippen molar-refractivity contribution in [3.8, 4) is 0 Å². The second-order valence-electron chi connectivity index (χ2n) is 1.59. The number of hydrogen-bond donors (Lipinski definition) is 1. The monoisotopic (exact) mass is 210 g/mol. The van der Waals surface area contributed by atoms with E-state index in [2.05, 4.69) is 9.88 Å². The Morgan fingerprint density at radius 2 is 1.29 bits per heavy atom. The summed E-state index contributed by atoms with van der Waals surface area (Å²) in [7, 11) is 0. The van der Waals surface area contributed by atoms with Gasteiger partial charge < -0.3 is 5.11 Å². The van der Waals surface area contributed by atoms with Gasteiger partial charge in [0.1, 0.15) is 0 Å². The van der Waals surface area contributed by atoms with Crippen LogP contribution in [0.25, 0.3) is 0 Å². The van der Waals surface area contributed by atoms with E-state index in [1.54, 1.807) is 13.8 Å². The summed E-state index contributed by atoms with van der Waals surface area (Å²) in [6.07, 6.45) is -0.167. The normalized spacial score (nSPS) is 7.71. The van der Waals surface area contributed by atoms with Crippen molar-refractivity contribution in [2.45, 2.75) is 29.8 Å². The summed E-state index contributed by atoms with van der Waals surface area (Å²) >= 11 is 0.230. The molecule has 0 aliphatic heterocycles. The van der Waals surface area contributed by atoms with Crippen LogP contribution in [0.5, 0.6) is 0 Å². The molecule has 0 amide bonds. The molecule has 0 aromatic heterocycles. The molecule has 0 aliphatic carbocycles. The first-order valence-corrected chi connectivity index (χ1v) is 8.12. The summed E-state index contributed by atoms with van der Waals surface area (Å²) in [6.45, 7) is 3.44. The Labute approximate surface area is 56.3 Å². The third-order valence-corrected chi connectivity index (χ3v) is 0. The van der Waals surface area contributed by atoms with Crippen LogP contribution in [0.15, 0.2) is 0 Å². The van der Waals surface area contributed by atoms with Gasteiger partial charge in [0.15, 0.2) is 0 Å². The van der Waals surface area contributed by atoms with Crippen LogP contribution in [0, 0.1) is 0 Å². The molecular weight excluding hydrogens is 195 g/mol. The molecule has 0 aliphatic rings. The Hall–Kier alpha value is 0.759. The van der Waals surface area contributed by atoms with Crippen LogP contribution < -0.4 is 0 Å². The van der Waals surface area contributed by atoms with Gasteiger partial charge in [-0.3, -0.25) is 0 Å². The van der Waals surface area contributed by atoms with Gasteiger partial charge >= 0.3 is 31.0 Å². The second-order valence-corrected chi connectivity index (χ2v) is 4.45. The predicted octanol–water partition coefficient (Wildman–Crippen LogP) is 1.17. The Bertz CT molecular complexity index is 19.3. The first-order chi connectivity index (χ1) is 3.15. The van der Waals surface area contributed by atoms with Crippen molar-refractivity contribution >= 4 is 21.1 Å². The Morgan fingerprint density at radius 1 is 1.29 bits per heavy atom. The van der Waals surface area contributed by atoms with Crippen molar-refractivity contribution in [2.24, 2.45) is 0 Å². The quantitative estimate of drug-likeness (QED) is 0.593. The van der Waals surface area contributed by atoms with E-state index in [1.165, 1.54) is 0 Å². The molecule has 0 heterocycles. The van der Waals surface area contributed by atoms with Gasteiger partial charge in [-0.15, -0.1) is 0 Å². The van der Waals surface area contributed by atoms with Gasteiger partial charge in [-0.1, -0.05) is 0 Å². The van der Waals surface area contributed by atoms with Gasteiger partial charge in [0.05, 0.1) is 0 Å². The van der Waals surface area contributed by atoms with Crippen molar-refractivity contribution < 1.29 is 5.11 Å². The van der Waals surface area contributed by atoms with Crippen LogP contribution >= 0.6 is 0 Å². The average Bonchev–Trinajstić information content (AvgIpc) is 1.33. The Morgan fingerprint density at radius 3 is 1.29 bits per heavy atom. The molecule has 0 saturated carbocycles. The summed E-state index contributed by atoms with van der Waals surface area (Å²) < 4.78 is 0. The van der Waals surface area contributed by atoms with Gasteiger partial charge in [0.2, 0.25) is 0 Å². The maximum atomic E-state index is 8.06. The van der Waals surface area contributed by atoms with Crippen LogP contribution in [0.3, 0.4) is 0 Å². The van der Waals surface area contributed by atoms with E-state index in [0.717, 1.165) is 0 Å². The van der Waals surface area contributed by atoms with E-state index in [1.807, 2.05) is 0 Å². The second kappa shape index (κ2) is 9.90. The van der Waals surface area contributed by atoms with Gasteiger partial charge in [0, 0.05) is 6.10 Å². The minimum atomic E-state index is -0.167. The third-order valence-electron chi connectivity index (χ3n) is 0. The van der Waals surface area contributed by atoms with Crippen LogP contribution in [0.1, 0.15) is 13.8 Å². The molecule has 2 radical (unpaired) electrons. The average molecular weight is 209 g/mol. The Balaban J connectivity index is 0. The zero-order chi connectivity index (χ0) is 6.28. The molecule has 1 nitrogen and oxygen atoms in total. The van der Waals surface area contributed by atoms with E-state index in [4.69, 9.17) is 5.11 Å². The molecule has 44 valence electrons. The number of rotatable bonds is 0. The molecule has 0 saturated heterocycles. The summed E-state index contributed by atoms with van der Waals surface area (Å²) in [5, 5.41) is 8.06. The first kappa shape index (κ1) is 10.7. The maximum absolute atomic E-state index is 8.06. The molecule has 2 heteroatoms. The predicted molar refractivity (Wildman–Crippen MR) is 34.8 cm³/mol. The van der Waals surface area contributed by atoms with E-state index in [9.17, 15) is 0 Å². The molecule has 0 unspecified atom stereocenters. The van der Waals surface area contributed by atoms with E-state index < -0.39 is 0 Å². The topological polar surface area (TPSA) is 20.2 Å². The SMILES string of the molecule is CC(C)O.[CH3][Sn][CH3]. The molecule has 0 spiro atoms. The molecule has 0 aromatic rings. The molecule has 0 atom stereocenters. The number of hydrogen-bond acceptors (Lipinski definition) is 1. The van der Waals surface area contributed by atoms with Crippen molar-refractivity contribution in [3.05, 3.63) is 0 Å². The van der Waals surface area contributed by atoms with Crippen LogP contribution in [0.2, 0.25) is 9.88 Å². The van der Waals surface area contributed by atoms with Crippen LogP contribution in [-0.4, -0.2) is 32.4 Å². The molecule has 7 heavy (non-hydrogen) atoms. The standard InChI is InChI=1S/C3H8O.2CH3.Sn/c1-3(2)4;;;/h3-4H,1-2H3;2*1H3;. The summed E-state index contributed by atoms with van der Waals surface area (Å²) in [5.41, 5.74) is 0. The van der Waals surface area contributed by atoms with E-state index in [0.29, 0.717) is 0 Å². The van der Waals surface area contributed by atoms with Crippen LogP contribution in [0.4, 0.5) is 0 Å². The Kier molecular flexibility index (Phi) is 15.1. The molecule has 0 rings (SSSR count). The number of aliphatic hydroxyl groups is 1. The van der Waals surface area contributed by atoms with Gasteiger partial charge in [-0.05, 0) is 13.8 Å². The fourth-order valence-corrected chi connectivity index (χ4v) is 0. The van der Waals surface area contributed by atoms with E-state index >= 15 is 0 Å². The van der Waals surface area contributed by atoms with E-state index in [-0.39, 0.29) is 27.2 Å².